The number of hydrogen-bond acceptors (Lipinski definition) is 3. The van der Waals surface area contributed by atoms with Gasteiger partial charge in [-0.05, 0) is 44.6 Å². The van der Waals surface area contributed by atoms with E-state index in [2.05, 4.69) is 5.32 Å². The zero-order chi connectivity index (χ0) is 15.4. The number of nitrogens with one attached hydrogen (secondary N) is 1. The van der Waals surface area contributed by atoms with Gasteiger partial charge in [-0.15, -0.1) is 0 Å². The number of anilines is 1. The maximum Gasteiger partial charge on any atom is 0.254 e. The van der Waals surface area contributed by atoms with E-state index in [9.17, 15) is 9.18 Å². The van der Waals surface area contributed by atoms with Crippen LogP contribution in [0.5, 0.6) is 0 Å². The number of benzene rings is 1. The average Bonchev–Trinajstić information content (AvgIpc) is 2.32. The van der Waals surface area contributed by atoms with Crippen LogP contribution in [0.4, 0.5) is 10.1 Å². The Balaban J connectivity index is 2.95. The molecule has 1 aromatic rings. The van der Waals surface area contributed by atoms with Crippen molar-refractivity contribution in [3.63, 3.8) is 0 Å². The van der Waals surface area contributed by atoms with Crippen molar-refractivity contribution in [2.75, 3.05) is 26.4 Å². The summed E-state index contributed by atoms with van der Waals surface area (Å²) in [7, 11) is 3.87. The summed E-state index contributed by atoms with van der Waals surface area (Å²) >= 11 is 0. The van der Waals surface area contributed by atoms with Crippen LogP contribution in [0.1, 0.15) is 29.8 Å². The van der Waals surface area contributed by atoms with Crippen LogP contribution in [-0.2, 0) is 0 Å². The van der Waals surface area contributed by atoms with Gasteiger partial charge >= 0.3 is 0 Å². The van der Waals surface area contributed by atoms with E-state index in [1.807, 2.05) is 32.8 Å². The molecule has 1 aromatic carbocycles. The van der Waals surface area contributed by atoms with Crippen molar-refractivity contribution in [3.8, 4) is 0 Å². The molecule has 3 N–H and O–H groups in total. The predicted molar refractivity (Wildman–Crippen MR) is 80.2 cm³/mol. The minimum Gasteiger partial charge on any atom is -0.399 e. The third-order valence-corrected chi connectivity index (χ3v) is 3.20. The van der Waals surface area contributed by atoms with E-state index in [0.717, 1.165) is 0 Å². The Labute approximate surface area is 120 Å². The van der Waals surface area contributed by atoms with Gasteiger partial charge in [-0.2, -0.15) is 0 Å². The smallest absolute Gasteiger partial charge is 0.254 e. The van der Waals surface area contributed by atoms with Crippen LogP contribution < -0.4 is 11.1 Å². The van der Waals surface area contributed by atoms with Gasteiger partial charge in [-0.25, -0.2) is 4.39 Å². The molecule has 0 aliphatic rings. The van der Waals surface area contributed by atoms with Crippen LogP contribution in [0.15, 0.2) is 12.1 Å². The van der Waals surface area contributed by atoms with Gasteiger partial charge in [0.15, 0.2) is 0 Å². The zero-order valence-electron chi connectivity index (χ0n) is 12.8. The second-order valence-electron chi connectivity index (χ2n) is 5.79. The zero-order valence-corrected chi connectivity index (χ0v) is 12.8. The van der Waals surface area contributed by atoms with Crippen molar-refractivity contribution in [2.45, 2.75) is 26.8 Å². The molecule has 112 valence electrons. The highest BCUT2D eigenvalue weighted by molar-refractivity contribution is 5.95. The molecule has 0 aliphatic heterocycles. The number of carbonyl (C=O) groups excluding carboxylic acids is 1. The van der Waals surface area contributed by atoms with Crippen molar-refractivity contribution in [1.82, 2.24) is 10.2 Å². The van der Waals surface area contributed by atoms with Crippen molar-refractivity contribution in [1.29, 1.82) is 0 Å². The number of amides is 1. The van der Waals surface area contributed by atoms with Crippen molar-refractivity contribution >= 4 is 11.6 Å². The Morgan fingerprint density at radius 3 is 2.50 bits per heavy atom. The van der Waals surface area contributed by atoms with Crippen LogP contribution in [0, 0.1) is 18.7 Å². The molecule has 0 radical (unpaired) electrons. The molecule has 0 spiro atoms. The lowest BCUT2D eigenvalue weighted by atomic mass is 10.0. The van der Waals surface area contributed by atoms with E-state index in [1.165, 1.54) is 12.1 Å². The molecule has 0 aromatic heterocycles. The molecule has 0 bridgehead atoms. The fraction of sp³-hybridized carbons (Fsp3) is 0.533. The molecule has 1 atom stereocenters. The molecule has 5 heteroatoms. The van der Waals surface area contributed by atoms with Crippen molar-refractivity contribution < 1.29 is 9.18 Å². The number of nitrogens with two attached hydrogens (primary N) is 1. The van der Waals surface area contributed by atoms with E-state index < -0.39 is 11.7 Å². The highest BCUT2D eigenvalue weighted by atomic mass is 19.1. The molecular weight excluding hydrogens is 257 g/mol. The van der Waals surface area contributed by atoms with E-state index in [-0.39, 0.29) is 17.5 Å². The van der Waals surface area contributed by atoms with Gasteiger partial charge < -0.3 is 16.0 Å². The van der Waals surface area contributed by atoms with E-state index in [4.69, 9.17) is 5.73 Å². The van der Waals surface area contributed by atoms with Crippen LogP contribution >= 0.6 is 0 Å². The lowest BCUT2D eigenvalue weighted by molar-refractivity contribution is 0.0912. The van der Waals surface area contributed by atoms with Crippen LogP contribution in [0.2, 0.25) is 0 Å². The minimum absolute atomic E-state index is 0.00639. The summed E-state index contributed by atoms with van der Waals surface area (Å²) in [6.07, 6.45) is 0. The van der Waals surface area contributed by atoms with E-state index in [1.54, 1.807) is 6.92 Å². The van der Waals surface area contributed by atoms with Crippen molar-refractivity contribution in [3.05, 3.63) is 29.1 Å². The number of carbonyl (C=O) groups is 1. The van der Waals surface area contributed by atoms with Gasteiger partial charge in [0.25, 0.3) is 5.91 Å². The summed E-state index contributed by atoms with van der Waals surface area (Å²) in [5.41, 5.74) is 6.46. The molecule has 0 fully saturated rings. The summed E-state index contributed by atoms with van der Waals surface area (Å²) in [6, 6.07) is 2.86. The molecule has 4 nitrogen and oxygen atoms in total. The number of nitrogen functional groups attached to an aromatic ring is 1. The maximum atomic E-state index is 14.0. The minimum atomic E-state index is -0.510. The summed E-state index contributed by atoms with van der Waals surface area (Å²) in [5, 5.41) is 2.88. The van der Waals surface area contributed by atoms with E-state index >= 15 is 0 Å². The van der Waals surface area contributed by atoms with Gasteiger partial charge in [-0.1, -0.05) is 13.8 Å². The standard InChI is InChI=1S/C15H24FN3O/c1-9(2)13(8-19(4)5)18-15(20)12-7-11(17)6-10(3)14(12)16/h6-7,9,13H,8,17H2,1-5H3,(H,18,20). The lowest BCUT2D eigenvalue weighted by Crippen LogP contribution is -2.45. The number of halogens is 1. The summed E-state index contributed by atoms with van der Waals surface area (Å²) < 4.78 is 14.0. The SMILES string of the molecule is Cc1cc(N)cc(C(=O)NC(CN(C)C)C(C)C)c1F. The Kier molecular flexibility index (Phi) is 5.51. The highest BCUT2D eigenvalue weighted by Crippen LogP contribution is 2.17. The first-order valence-electron chi connectivity index (χ1n) is 6.73. The van der Waals surface area contributed by atoms with Crippen LogP contribution in [0.25, 0.3) is 0 Å². The third-order valence-electron chi connectivity index (χ3n) is 3.20. The molecule has 0 saturated carbocycles. The second-order valence-corrected chi connectivity index (χ2v) is 5.79. The summed E-state index contributed by atoms with van der Waals surface area (Å²) in [5.74, 6) is -0.672. The molecule has 0 heterocycles. The van der Waals surface area contributed by atoms with Gasteiger partial charge in [-0.3, -0.25) is 4.79 Å². The van der Waals surface area contributed by atoms with Gasteiger partial charge in [0.2, 0.25) is 0 Å². The molecular formula is C15H24FN3O. The third kappa shape index (κ3) is 4.20. The Morgan fingerprint density at radius 2 is 2.00 bits per heavy atom. The second kappa shape index (κ2) is 6.70. The van der Waals surface area contributed by atoms with Crippen LogP contribution in [0.3, 0.4) is 0 Å². The first-order chi connectivity index (χ1) is 9.22. The number of likely N-dealkylation sites (N-methyl/N-ethyl adjacent to an activating group) is 1. The summed E-state index contributed by atoms with van der Waals surface area (Å²) in [6.45, 7) is 6.35. The number of rotatable bonds is 5. The van der Waals surface area contributed by atoms with Gasteiger partial charge in [0.05, 0.1) is 5.56 Å². The average molecular weight is 281 g/mol. The first kappa shape index (κ1) is 16.4. The topological polar surface area (TPSA) is 58.4 Å². The molecule has 0 aliphatic carbocycles. The molecule has 1 unspecified atom stereocenters. The first-order valence-corrected chi connectivity index (χ1v) is 6.73. The largest absolute Gasteiger partial charge is 0.399 e. The predicted octanol–water partition coefficient (Wildman–Crippen LogP) is 2.03. The Morgan fingerprint density at radius 1 is 1.40 bits per heavy atom. The molecule has 0 saturated heterocycles. The normalized spacial score (nSPS) is 12.8. The maximum absolute atomic E-state index is 14.0. The Bertz CT molecular complexity index is 486. The van der Waals surface area contributed by atoms with Crippen LogP contribution in [-0.4, -0.2) is 37.5 Å². The number of nitrogens with zero attached hydrogens (tertiary/aromatic N) is 1. The fourth-order valence-corrected chi connectivity index (χ4v) is 2.03. The van der Waals surface area contributed by atoms with E-state index in [0.29, 0.717) is 17.8 Å². The molecule has 1 rings (SSSR count). The molecule has 20 heavy (non-hydrogen) atoms. The van der Waals surface area contributed by atoms with Crippen molar-refractivity contribution in [2.24, 2.45) is 5.92 Å². The number of hydrogen-bond donors (Lipinski definition) is 2. The highest BCUT2D eigenvalue weighted by Gasteiger charge is 2.21. The van der Waals surface area contributed by atoms with Gasteiger partial charge in [0.1, 0.15) is 5.82 Å². The van der Waals surface area contributed by atoms with Gasteiger partial charge in [0, 0.05) is 18.3 Å². The monoisotopic (exact) mass is 281 g/mol. The summed E-state index contributed by atoms with van der Waals surface area (Å²) in [4.78, 5) is 14.2. The molecule has 1 amide bonds. The Hall–Kier alpha value is -1.62. The quantitative estimate of drug-likeness (QED) is 0.812. The lowest BCUT2D eigenvalue weighted by Gasteiger charge is -2.25. The fourth-order valence-electron chi connectivity index (χ4n) is 2.03. The number of aryl methyl sites for hydroxylation is 1.